The summed E-state index contributed by atoms with van der Waals surface area (Å²) in [6, 6.07) is 14.0. The largest absolute Gasteiger partial charge is 0.488 e. The van der Waals surface area contributed by atoms with Gasteiger partial charge in [-0.25, -0.2) is 9.28 Å². The van der Waals surface area contributed by atoms with Crippen molar-refractivity contribution in [3.8, 4) is 5.75 Å². The first-order valence-corrected chi connectivity index (χ1v) is 11.2. The molecule has 2 atom stereocenters. The number of quaternary nitrogens is 1. The molecule has 168 valence electrons. The van der Waals surface area contributed by atoms with Crippen molar-refractivity contribution in [2.24, 2.45) is 4.99 Å². The number of hydrogen-bond donors (Lipinski definition) is 0. The van der Waals surface area contributed by atoms with E-state index in [1.807, 2.05) is 78.4 Å². The molecule has 0 amide bonds. The number of carbonyl (C=O) groups excluding carboxylic acids is 1. The summed E-state index contributed by atoms with van der Waals surface area (Å²) in [6.45, 7) is 12.5. The molecule has 0 fully saturated rings. The van der Waals surface area contributed by atoms with Gasteiger partial charge in [-0.2, -0.15) is 0 Å². The molecule has 4 rings (SSSR count). The molecule has 32 heavy (non-hydrogen) atoms. The van der Waals surface area contributed by atoms with E-state index in [1.165, 1.54) is 5.56 Å². The molecule has 0 saturated carbocycles. The monoisotopic (exact) mass is 433 g/mol. The average molecular weight is 434 g/mol. The Kier molecular flexibility index (Phi) is 5.49. The molecule has 2 aliphatic rings. The predicted molar refractivity (Wildman–Crippen MR) is 129 cm³/mol. The number of carbonyl (C=O) groups is 1. The van der Waals surface area contributed by atoms with Crippen LogP contribution in [0.4, 0.5) is 5.69 Å². The Hall–Kier alpha value is -2.92. The SMILES string of the molecule is CC(C)(C)OC(=O)C1Cc2cccc3c2[N@+]1(Cc1ccc(OC(C)(C)C)cc1)C=CN=C3. The Morgan fingerprint density at radius 3 is 2.41 bits per heavy atom. The van der Waals surface area contributed by atoms with Crippen LogP contribution < -0.4 is 9.22 Å². The third kappa shape index (κ3) is 4.49. The second-order valence-corrected chi connectivity index (χ2v) is 10.6. The second-order valence-electron chi connectivity index (χ2n) is 10.6. The molecule has 5 nitrogen and oxygen atoms in total. The highest BCUT2D eigenvalue weighted by atomic mass is 16.6. The molecule has 2 aromatic rings. The van der Waals surface area contributed by atoms with Crippen molar-refractivity contribution in [3.05, 3.63) is 71.6 Å². The minimum atomic E-state index is -0.545. The Labute approximate surface area is 191 Å². The van der Waals surface area contributed by atoms with Crippen molar-refractivity contribution in [1.29, 1.82) is 0 Å². The third-order valence-electron chi connectivity index (χ3n) is 5.64. The first kappa shape index (κ1) is 22.3. The van der Waals surface area contributed by atoms with Crippen LogP contribution >= 0.6 is 0 Å². The van der Waals surface area contributed by atoms with Crippen molar-refractivity contribution >= 4 is 17.9 Å². The van der Waals surface area contributed by atoms with Gasteiger partial charge >= 0.3 is 5.97 Å². The van der Waals surface area contributed by atoms with Gasteiger partial charge in [-0.15, -0.1) is 0 Å². The first-order chi connectivity index (χ1) is 15.0. The van der Waals surface area contributed by atoms with Crippen molar-refractivity contribution < 1.29 is 14.3 Å². The number of aliphatic imine (C=N–C) groups is 1. The predicted octanol–water partition coefficient (Wildman–Crippen LogP) is 5.54. The van der Waals surface area contributed by atoms with Gasteiger partial charge in [0, 0.05) is 23.8 Å². The van der Waals surface area contributed by atoms with Crippen LogP contribution in [0.15, 0.2) is 59.9 Å². The van der Waals surface area contributed by atoms with E-state index in [9.17, 15) is 4.79 Å². The molecule has 0 aliphatic carbocycles. The molecule has 0 radical (unpaired) electrons. The van der Waals surface area contributed by atoms with Gasteiger partial charge in [-0.05, 0) is 71.9 Å². The topological polar surface area (TPSA) is 47.9 Å². The maximum Gasteiger partial charge on any atom is 0.366 e. The van der Waals surface area contributed by atoms with Crippen LogP contribution in [0.5, 0.6) is 5.75 Å². The van der Waals surface area contributed by atoms with Crippen LogP contribution in [0.3, 0.4) is 0 Å². The smallest absolute Gasteiger partial charge is 0.366 e. The molecule has 1 unspecified atom stereocenters. The second kappa shape index (κ2) is 7.89. The zero-order valence-electron chi connectivity index (χ0n) is 19.9. The van der Waals surface area contributed by atoms with Crippen LogP contribution in [0.2, 0.25) is 0 Å². The fourth-order valence-electron chi connectivity index (χ4n) is 4.58. The summed E-state index contributed by atoms with van der Waals surface area (Å²) in [5.41, 5.74) is 3.68. The molecule has 5 heteroatoms. The van der Waals surface area contributed by atoms with Gasteiger partial charge in [0.15, 0.2) is 5.69 Å². The number of benzene rings is 2. The summed E-state index contributed by atoms with van der Waals surface area (Å²) in [7, 11) is 0. The first-order valence-electron chi connectivity index (χ1n) is 11.2. The lowest BCUT2D eigenvalue weighted by Gasteiger charge is -2.36. The fraction of sp³-hybridized carbons (Fsp3) is 0.407. The summed E-state index contributed by atoms with van der Waals surface area (Å²) >= 11 is 0. The zero-order chi connectivity index (χ0) is 23.1. The highest BCUT2D eigenvalue weighted by Gasteiger charge is 2.52. The zero-order valence-corrected chi connectivity index (χ0v) is 19.9. The van der Waals surface area contributed by atoms with E-state index in [-0.39, 0.29) is 17.6 Å². The van der Waals surface area contributed by atoms with E-state index in [4.69, 9.17) is 9.47 Å². The van der Waals surface area contributed by atoms with Gasteiger partial charge in [0.2, 0.25) is 6.04 Å². The van der Waals surface area contributed by atoms with Crippen LogP contribution in [0.1, 0.15) is 58.2 Å². The number of ether oxygens (including phenoxy) is 2. The molecule has 2 aliphatic heterocycles. The number of hydrogen-bond acceptors (Lipinski definition) is 4. The van der Waals surface area contributed by atoms with Crippen LogP contribution in [-0.2, 0) is 22.5 Å². The van der Waals surface area contributed by atoms with Gasteiger partial charge in [0.25, 0.3) is 0 Å². The van der Waals surface area contributed by atoms with E-state index >= 15 is 0 Å². The highest BCUT2D eigenvalue weighted by Crippen LogP contribution is 2.45. The molecule has 0 saturated heterocycles. The number of nitrogens with zero attached hydrogens (tertiary/aromatic N) is 2. The summed E-state index contributed by atoms with van der Waals surface area (Å²) in [6.07, 6.45) is 6.38. The van der Waals surface area contributed by atoms with Gasteiger partial charge in [-0.1, -0.05) is 12.1 Å². The lowest BCUT2D eigenvalue weighted by molar-refractivity contribution is -0.159. The molecule has 0 aromatic heterocycles. The molecule has 2 heterocycles. The summed E-state index contributed by atoms with van der Waals surface area (Å²) < 4.78 is 12.2. The summed E-state index contributed by atoms with van der Waals surface area (Å²) in [5.74, 6) is 0.654. The van der Waals surface area contributed by atoms with E-state index in [2.05, 4.69) is 29.3 Å². The van der Waals surface area contributed by atoms with Crippen molar-refractivity contribution in [3.63, 3.8) is 0 Å². The third-order valence-corrected chi connectivity index (χ3v) is 5.64. The Balaban J connectivity index is 1.75. The standard InChI is InChI=1S/C27H33N2O3/c1-26(2,3)31-22-12-10-19(11-13-22)18-29-15-14-28-17-21-9-7-8-20(24(21)29)16-23(29)25(30)32-27(4,5)6/h7-15,17,23H,16,18H2,1-6H3/q+1/t23?,29-/m0/s1. The molecule has 0 spiro atoms. The Morgan fingerprint density at radius 2 is 1.75 bits per heavy atom. The van der Waals surface area contributed by atoms with Crippen molar-refractivity contribution in [1.82, 2.24) is 4.48 Å². The van der Waals surface area contributed by atoms with Gasteiger partial charge in [-0.3, -0.25) is 4.99 Å². The Morgan fingerprint density at radius 1 is 1.03 bits per heavy atom. The minimum absolute atomic E-state index is 0.182. The number of rotatable bonds is 4. The molecule has 0 bridgehead atoms. The van der Waals surface area contributed by atoms with E-state index in [0.29, 0.717) is 17.4 Å². The maximum absolute atomic E-state index is 13.4. The Bertz CT molecular complexity index is 1070. The number of para-hydroxylation sites is 1. The summed E-state index contributed by atoms with van der Waals surface area (Å²) in [4.78, 5) is 17.9. The average Bonchev–Trinajstić information content (AvgIpc) is 2.87. The number of esters is 1. The lowest BCUT2D eigenvalue weighted by atomic mass is 10.1. The normalized spacial score (nSPS) is 21.8. The van der Waals surface area contributed by atoms with Gasteiger partial charge in [0.1, 0.15) is 29.7 Å². The van der Waals surface area contributed by atoms with E-state index in [0.717, 1.165) is 22.6 Å². The van der Waals surface area contributed by atoms with Gasteiger partial charge < -0.3 is 9.47 Å². The fourth-order valence-corrected chi connectivity index (χ4v) is 4.58. The van der Waals surface area contributed by atoms with Gasteiger partial charge in [0.05, 0.1) is 11.8 Å². The molecule has 0 N–H and O–H groups in total. The van der Waals surface area contributed by atoms with Crippen LogP contribution in [-0.4, -0.2) is 29.4 Å². The minimum Gasteiger partial charge on any atom is -0.488 e. The molecular formula is C27H33N2O3+. The summed E-state index contributed by atoms with van der Waals surface area (Å²) in [5, 5.41) is 0. The van der Waals surface area contributed by atoms with E-state index in [1.54, 1.807) is 0 Å². The molecular weight excluding hydrogens is 400 g/mol. The lowest BCUT2D eigenvalue weighted by Crippen LogP contribution is -2.54. The van der Waals surface area contributed by atoms with Crippen molar-refractivity contribution in [2.45, 2.75) is 71.8 Å². The van der Waals surface area contributed by atoms with Crippen LogP contribution in [0.25, 0.3) is 0 Å². The van der Waals surface area contributed by atoms with Crippen LogP contribution in [0, 0.1) is 0 Å². The van der Waals surface area contributed by atoms with Crippen molar-refractivity contribution in [2.75, 3.05) is 0 Å². The highest BCUT2D eigenvalue weighted by molar-refractivity contribution is 5.94. The quantitative estimate of drug-likeness (QED) is 0.470. The molecule has 2 aromatic carbocycles. The van der Waals surface area contributed by atoms with E-state index < -0.39 is 5.60 Å². The maximum atomic E-state index is 13.4.